The second kappa shape index (κ2) is 136. The summed E-state index contributed by atoms with van der Waals surface area (Å²) in [5.41, 5.74) is 0. The van der Waals surface area contributed by atoms with E-state index in [1.54, 1.807) is 0 Å². The number of rotatable bonds is 0. The Balaban J connectivity index is -0.0000000144. The van der Waals surface area contributed by atoms with Gasteiger partial charge in [0, 0.05) is 0 Å². The third-order valence-corrected chi connectivity index (χ3v) is 0. The molecule has 0 aliphatic heterocycles. The van der Waals surface area contributed by atoms with E-state index in [0.29, 0.717) is 21.2 Å². The molecule has 0 atom stereocenters. The largest absolute Gasteiger partial charge is 0.261 e. The number of hydrogen-bond donors (Lipinski definition) is 0. The molecule has 0 saturated carbocycles. The Labute approximate surface area is 86.4 Å². The molecule has 0 saturated heterocycles. The zero-order valence-electron chi connectivity index (χ0n) is 9.09. The summed E-state index contributed by atoms with van der Waals surface area (Å²) in [5.74, 6) is 0. The summed E-state index contributed by atoms with van der Waals surface area (Å²) in [5, 5.41) is 0. The molecule has 0 spiro atoms. The molecule has 0 heterocycles. The number of halogens is 1. The van der Waals surface area contributed by atoms with Gasteiger partial charge < -0.3 is 0 Å². The smallest absolute Gasteiger partial charge is 0.0776 e. The Hall–Kier alpha value is 0.730. The van der Waals surface area contributed by atoms with Gasteiger partial charge in [-0.2, -0.15) is 0 Å². The van der Waals surface area contributed by atoms with Crippen molar-refractivity contribution in [3.05, 3.63) is 0 Å². The van der Waals surface area contributed by atoms with Crippen molar-refractivity contribution in [2.75, 3.05) is 9.86 Å². The maximum Gasteiger partial charge on any atom is 0.261 e. The lowest BCUT2D eigenvalue weighted by Crippen LogP contribution is -3.59. The maximum absolute atomic E-state index is 2.24. The minimum absolute atomic E-state index is 0. The van der Waals surface area contributed by atoms with Crippen molar-refractivity contribution in [2.24, 2.45) is 0 Å². The van der Waals surface area contributed by atoms with Crippen LogP contribution in [0.5, 0.6) is 0 Å². The predicted molar refractivity (Wildman–Crippen MR) is 57.2 cm³/mol. The first-order valence-corrected chi connectivity index (χ1v) is 8.49. The van der Waals surface area contributed by atoms with Crippen molar-refractivity contribution >= 4 is 0 Å². The quantitative estimate of drug-likeness (QED) is 0.464. The van der Waals surface area contributed by atoms with Crippen molar-refractivity contribution in [2.45, 2.75) is 55.4 Å². The average molecular weight is 277 g/mol. The first-order valence-electron chi connectivity index (χ1n) is 4.17. The molecule has 11 heavy (non-hydrogen) atoms. The molecule has 76 valence electrons. The third-order valence-electron chi connectivity index (χ3n) is 0. The normalized spacial score (nSPS) is 4.36. The first-order chi connectivity index (χ1) is 4.83. The molecule has 0 amide bonds. The van der Waals surface area contributed by atoms with E-state index in [1.807, 2.05) is 27.7 Å². The van der Waals surface area contributed by atoms with Crippen LogP contribution in [0.3, 0.4) is 0 Å². The Bertz CT molecular complexity index is 6.83. The van der Waals surface area contributed by atoms with Gasteiger partial charge in [-0.3, -0.25) is 0 Å². The van der Waals surface area contributed by atoms with Gasteiger partial charge in [0.05, 0.1) is 0 Å². The minimum Gasteiger partial charge on any atom is -0.0776 e. The fourth-order valence-electron chi connectivity index (χ4n) is 0. The van der Waals surface area contributed by atoms with Crippen molar-refractivity contribution in [3.8, 4) is 0 Å². The molecule has 0 aromatic carbocycles. The van der Waals surface area contributed by atoms with Crippen LogP contribution < -0.4 is 21.2 Å². The van der Waals surface area contributed by atoms with Crippen LogP contribution in [0.4, 0.5) is 0 Å². The number of alkyl halides is 2. The molecule has 0 N–H and O–H groups in total. The molecule has 0 unspecified atom stereocenters. The Morgan fingerprint density at radius 2 is 0.818 bits per heavy atom. The lowest BCUT2D eigenvalue weighted by molar-refractivity contribution is -0.597. The SMILES string of the molecule is C.CC.CC.CCC.C[I+]C. The standard InChI is InChI=1S/C3H8.C2H6I.2C2H6.CH4/c2*1-3-2;2*1-2;/h3H2,1-2H3;1-2H3;2*1-2H3;1H4/q;+1;;;. The second-order valence-corrected chi connectivity index (χ2v) is 3.24. The first kappa shape index (κ1) is 29.8. The lowest BCUT2D eigenvalue weighted by Gasteiger charge is -1.48. The Morgan fingerprint density at radius 3 is 0.818 bits per heavy atom. The van der Waals surface area contributed by atoms with Gasteiger partial charge in [0.2, 0.25) is 0 Å². The van der Waals surface area contributed by atoms with E-state index in [2.05, 4.69) is 23.7 Å². The summed E-state index contributed by atoms with van der Waals surface area (Å²) in [6.45, 7) is 12.2. The average Bonchev–Trinajstić information content (AvgIpc) is 1.99. The van der Waals surface area contributed by atoms with Crippen molar-refractivity contribution < 1.29 is 21.2 Å². The Morgan fingerprint density at radius 1 is 0.818 bits per heavy atom. The molecular formula is C10H30I+. The molecule has 1 heteroatoms. The van der Waals surface area contributed by atoms with Crippen LogP contribution in [-0.4, -0.2) is 9.86 Å². The molecule has 0 aliphatic carbocycles. The van der Waals surface area contributed by atoms with Crippen molar-refractivity contribution in [1.29, 1.82) is 0 Å². The molecule has 0 radical (unpaired) electrons. The van der Waals surface area contributed by atoms with E-state index in [-0.39, 0.29) is 7.43 Å². The van der Waals surface area contributed by atoms with E-state index in [1.165, 1.54) is 6.42 Å². The fourth-order valence-corrected chi connectivity index (χ4v) is 0. The summed E-state index contributed by atoms with van der Waals surface area (Å²) in [6, 6.07) is 0. The van der Waals surface area contributed by atoms with Gasteiger partial charge in [-0.05, 0) is 0 Å². The number of hydrogen-bond acceptors (Lipinski definition) is 0. The van der Waals surface area contributed by atoms with Gasteiger partial charge >= 0.3 is 0 Å². The molecule has 0 rings (SSSR count). The van der Waals surface area contributed by atoms with Crippen LogP contribution in [0.2, 0.25) is 0 Å². The monoisotopic (exact) mass is 277 g/mol. The zero-order valence-corrected chi connectivity index (χ0v) is 11.2. The molecule has 0 nitrogen and oxygen atoms in total. The van der Waals surface area contributed by atoms with Gasteiger partial charge in [0.25, 0.3) is 21.2 Å². The van der Waals surface area contributed by atoms with E-state index >= 15 is 0 Å². The lowest BCUT2D eigenvalue weighted by atomic mass is 10.6. The highest BCUT2D eigenvalue weighted by molar-refractivity contribution is 3.92. The summed E-state index contributed by atoms with van der Waals surface area (Å²) in [4.78, 5) is 4.47. The van der Waals surface area contributed by atoms with Gasteiger partial charge in [-0.1, -0.05) is 55.4 Å². The van der Waals surface area contributed by atoms with Crippen LogP contribution in [0.25, 0.3) is 0 Å². The third kappa shape index (κ3) is 1530. The van der Waals surface area contributed by atoms with E-state index in [9.17, 15) is 0 Å². The second-order valence-electron chi connectivity index (χ2n) is 1.09. The van der Waals surface area contributed by atoms with E-state index in [0.717, 1.165) is 0 Å². The minimum atomic E-state index is 0. The van der Waals surface area contributed by atoms with E-state index < -0.39 is 0 Å². The summed E-state index contributed by atoms with van der Waals surface area (Å²) < 4.78 is 0. The summed E-state index contributed by atoms with van der Waals surface area (Å²) >= 11 is 0.590. The van der Waals surface area contributed by atoms with Gasteiger partial charge in [-0.15, -0.1) is 0 Å². The van der Waals surface area contributed by atoms with Crippen LogP contribution in [-0.2, 0) is 0 Å². The molecule has 0 aliphatic rings. The van der Waals surface area contributed by atoms with Crippen molar-refractivity contribution in [3.63, 3.8) is 0 Å². The molecule has 0 aromatic rings. The highest BCUT2D eigenvalue weighted by Gasteiger charge is 1.61. The summed E-state index contributed by atoms with van der Waals surface area (Å²) in [7, 11) is 0. The van der Waals surface area contributed by atoms with Crippen molar-refractivity contribution in [1.82, 2.24) is 0 Å². The van der Waals surface area contributed by atoms with Crippen LogP contribution in [0.15, 0.2) is 0 Å². The van der Waals surface area contributed by atoms with Gasteiger partial charge in [0.1, 0.15) is 9.86 Å². The van der Waals surface area contributed by atoms with Gasteiger partial charge in [0.15, 0.2) is 0 Å². The van der Waals surface area contributed by atoms with Crippen LogP contribution >= 0.6 is 0 Å². The fraction of sp³-hybridized carbons (Fsp3) is 1.00. The molecular weight excluding hydrogens is 247 g/mol. The Kier molecular flexibility index (Phi) is 369. The summed E-state index contributed by atoms with van der Waals surface area (Å²) in [6.07, 6.45) is 1.25. The van der Waals surface area contributed by atoms with Crippen LogP contribution in [0, 0.1) is 0 Å². The molecule has 0 aromatic heterocycles. The topological polar surface area (TPSA) is 0 Å². The zero-order chi connectivity index (χ0) is 9.41. The predicted octanol–water partition coefficient (Wildman–Crippen LogP) is 1.44. The highest BCUT2D eigenvalue weighted by Crippen LogP contribution is 1.56. The molecule has 0 fully saturated rings. The molecule has 0 bridgehead atoms. The van der Waals surface area contributed by atoms with Gasteiger partial charge in [-0.25, -0.2) is 0 Å². The van der Waals surface area contributed by atoms with E-state index in [4.69, 9.17) is 0 Å². The van der Waals surface area contributed by atoms with Crippen LogP contribution in [0.1, 0.15) is 55.4 Å². The highest BCUT2D eigenvalue weighted by atomic mass is 127. The maximum atomic E-state index is 2.24.